The molecule has 0 fully saturated rings. The van der Waals surface area contributed by atoms with E-state index in [2.05, 4.69) is 32.9 Å². The lowest BCUT2D eigenvalue weighted by Crippen LogP contribution is -2.25. The van der Waals surface area contributed by atoms with Gasteiger partial charge in [0.1, 0.15) is 0 Å². The third-order valence-corrected chi connectivity index (χ3v) is 5.76. The van der Waals surface area contributed by atoms with E-state index in [1.807, 2.05) is 50.7 Å². The summed E-state index contributed by atoms with van der Waals surface area (Å²) in [5.74, 6) is 3.43. The van der Waals surface area contributed by atoms with E-state index in [9.17, 15) is 4.79 Å². The molecule has 3 rings (SSSR count). The minimum Gasteiger partial charge on any atom is -0.321 e. The molecule has 0 amide bonds. The van der Waals surface area contributed by atoms with Crippen LogP contribution in [0, 0.1) is 6.92 Å². The number of aromatic nitrogens is 4. The molecule has 138 valence electrons. The number of thioether (sulfide) groups is 2. The van der Waals surface area contributed by atoms with Gasteiger partial charge in [0, 0.05) is 33.5 Å². The first-order valence-corrected chi connectivity index (χ1v) is 10.8. The summed E-state index contributed by atoms with van der Waals surface area (Å²) in [7, 11) is 0. The molecule has 0 aliphatic rings. The van der Waals surface area contributed by atoms with E-state index < -0.39 is 0 Å². The zero-order valence-electron chi connectivity index (χ0n) is 15.4. The fourth-order valence-electron chi connectivity index (χ4n) is 2.62. The number of fused-ring (bicyclic) bond motifs is 1. The van der Waals surface area contributed by atoms with E-state index >= 15 is 0 Å². The topological polar surface area (TPSA) is 75.6 Å². The number of H-pyrrole nitrogens is 1. The number of aryl methyl sites for hydroxylation is 1. The molecule has 0 saturated heterocycles. The Morgan fingerprint density at radius 1 is 1.23 bits per heavy atom. The van der Waals surface area contributed by atoms with Crippen molar-refractivity contribution in [2.45, 2.75) is 31.7 Å². The van der Waals surface area contributed by atoms with Crippen LogP contribution in [0.4, 0.5) is 11.6 Å². The van der Waals surface area contributed by atoms with Gasteiger partial charge in [0.05, 0.1) is 11.4 Å². The first-order chi connectivity index (χ1) is 12.5. The molecular weight excluding hydrogens is 366 g/mol. The monoisotopic (exact) mass is 389 g/mol. The molecule has 0 bridgehead atoms. The number of hydrogen-bond acceptors (Lipinski definition) is 6. The van der Waals surface area contributed by atoms with Crippen LogP contribution >= 0.6 is 23.5 Å². The molecule has 0 unspecified atom stereocenters. The maximum absolute atomic E-state index is 12.9. The van der Waals surface area contributed by atoms with Crippen LogP contribution in [0.2, 0.25) is 0 Å². The average molecular weight is 390 g/mol. The van der Waals surface area contributed by atoms with Gasteiger partial charge in [-0.2, -0.15) is 22.0 Å². The lowest BCUT2D eigenvalue weighted by Gasteiger charge is -2.14. The number of benzene rings is 1. The lowest BCUT2D eigenvalue weighted by molar-refractivity contribution is 0.510. The fraction of sp³-hybridized carbons (Fsp3) is 0.389. The van der Waals surface area contributed by atoms with E-state index in [4.69, 9.17) is 0 Å². The predicted octanol–water partition coefficient (Wildman–Crippen LogP) is 4.21. The smallest absolute Gasteiger partial charge is 0.275 e. The van der Waals surface area contributed by atoms with Crippen LogP contribution in [-0.2, 0) is 0 Å². The highest BCUT2D eigenvalue weighted by Crippen LogP contribution is 2.27. The molecule has 26 heavy (non-hydrogen) atoms. The van der Waals surface area contributed by atoms with Gasteiger partial charge in [0.15, 0.2) is 11.6 Å². The Morgan fingerprint density at radius 2 is 2.04 bits per heavy atom. The molecule has 2 heterocycles. The first kappa shape index (κ1) is 18.8. The second-order valence-electron chi connectivity index (χ2n) is 6.30. The van der Waals surface area contributed by atoms with E-state index in [-0.39, 0.29) is 11.6 Å². The van der Waals surface area contributed by atoms with Gasteiger partial charge in [-0.3, -0.25) is 9.89 Å². The highest BCUT2D eigenvalue weighted by atomic mass is 32.2. The number of aromatic amines is 1. The van der Waals surface area contributed by atoms with Crippen molar-refractivity contribution in [1.29, 1.82) is 0 Å². The standard InChI is InChI=1S/C18H23N5OS2/c1-11(2)23-18(24)15-10-13(26-8-7-25-4)5-6-14(15)17(22-23)19-16-9-12(3)20-21-16/h5-6,9-11H,7-8H2,1-4H3,(H2,19,20,21,22). The van der Waals surface area contributed by atoms with Crippen molar-refractivity contribution in [3.8, 4) is 0 Å². The highest BCUT2D eigenvalue weighted by molar-refractivity contribution is 8.02. The van der Waals surface area contributed by atoms with E-state index in [1.165, 1.54) is 4.68 Å². The average Bonchev–Trinajstić information content (AvgIpc) is 3.02. The SMILES string of the molecule is CSCCSc1ccc2c(Nc3cc(C)[nH]n3)nn(C(C)C)c(=O)c2c1. The number of hydrogen-bond donors (Lipinski definition) is 2. The van der Waals surface area contributed by atoms with Gasteiger partial charge in [0.25, 0.3) is 5.56 Å². The van der Waals surface area contributed by atoms with Gasteiger partial charge in [0.2, 0.25) is 0 Å². The van der Waals surface area contributed by atoms with Gasteiger partial charge >= 0.3 is 0 Å². The summed E-state index contributed by atoms with van der Waals surface area (Å²) in [6, 6.07) is 7.88. The van der Waals surface area contributed by atoms with E-state index in [0.717, 1.165) is 27.5 Å². The van der Waals surface area contributed by atoms with Gasteiger partial charge < -0.3 is 5.32 Å². The Labute approximate surface area is 161 Å². The summed E-state index contributed by atoms with van der Waals surface area (Å²) in [6.07, 6.45) is 2.10. The zero-order chi connectivity index (χ0) is 18.7. The molecule has 0 radical (unpaired) electrons. The second kappa shape index (κ2) is 8.18. The molecule has 0 atom stereocenters. The lowest BCUT2D eigenvalue weighted by atomic mass is 10.2. The van der Waals surface area contributed by atoms with Crippen LogP contribution < -0.4 is 10.9 Å². The van der Waals surface area contributed by atoms with Crippen molar-refractivity contribution in [2.24, 2.45) is 0 Å². The van der Waals surface area contributed by atoms with Crippen molar-refractivity contribution in [2.75, 3.05) is 23.1 Å². The number of nitrogens with zero attached hydrogens (tertiary/aromatic N) is 3. The molecule has 0 spiro atoms. The normalized spacial score (nSPS) is 11.4. The summed E-state index contributed by atoms with van der Waals surface area (Å²) in [4.78, 5) is 14.0. The molecule has 8 heteroatoms. The Hall–Kier alpha value is -1.93. The van der Waals surface area contributed by atoms with Crippen molar-refractivity contribution >= 4 is 45.9 Å². The van der Waals surface area contributed by atoms with Gasteiger partial charge in [-0.25, -0.2) is 4.68 Å². The molecule has 6 nitrogen and oxygen atoms in total. The van der Waals surface area contributed by atoms with Gasteiger partial charge in [-0.05, 0) is 45.2 Å². The Morgan fingerprint density at radius 3 is 2.69 bits per heavy atom. The predicted molar refractivity (Wildman–Crippen MR) is 112 cm³/mol. The summed E-state index contributed by atoms with van der Waals surface area (Å²) in [6.45, 7) is 5.86. The molecule has 2 aromatic heterocycles. The van der Waals surface area contributed by atoms with E-state index in [1.54, 1.807) is 11.8 Å². The van der Waals surface area contributed by atoms with Crippen molar-refractivity contribution in [3.05, 3.63) is 40.3 Å². The van der Waals surface area contributed by atoms with Gasteiger partial charge in [-0.15, -0.1) is 11.8 Å². The number of rotatable bonds is 7. The maximum Gasteiger partial charge on any atom is 0.275 e. The molecule has 0 aliphatic heterocycles. The highest BCUT2D eigenvalue weighted by Gasteiger charge is 2.14. The third kappa shape index (κ3) is 4.07. The summed E-state index contributed by atoms with van der Waals surface area (Å²) in [5, 5.41) is 16.4. The fourth-order valence-corrected chi connectivity index (χ4v) is 4.22. The molecule has 3 aromatic rings. The molecule has 0 aliphatic carbocycles. The van der Waals surface area contributed by atoms with E-state index in [0.29, 0.717) is 17.0 Å². The first-order valence-electron chi connectivity index (χ1n) is 8.47. The Kier molecular flexibility index (Phi) is 5.93. The number of anilines is 2. The number of nitrogens with one attached hydrogen (secondary N) is 2. The second-order valence-corrected chi connectivity index (χ2v) is 8.46. The van der Waals surface area contributed by atoms with Crippen molar-refractivity contribution in [3.63, 3.8) is 0 Å². The summed E-state index contributed by atoms with van der Waals surface area (Å²) < 4.78 is 1.53. The minimum atomic E-state index is -0.0638. The van der Waals surface area contributed by atoms with Crippen molar-refractivity contribution in [1.82, 2.24) is 20.0 Å². The molecule has 0 saturated carbocycles. The van der Waals surface area contributed by atoms with Crippen LogP contribution in [0.5, 0.6) is 0 Å². The minimum absolute atomic E-state index is 0.0267. The maximum atomic E-state index is 12.9. The molecule has 2 N–H and O–H groups in total. The van der Waals surface area contributed by atoms with Crippen LogP contribution in [0.25, 0.3) is 10.8 Å². The molecular formula is C18H23N5OS2. The quantitative estimate of drug-likeness (QED) is 0.466. The largest absolute Gasteiger partial charge is 0.321 e. The van der Waals surface area contributed by atoms with Crippen LogP contribution in [0.1, 0.15) is 25.6 Å². The van der Waals surface area contributed by atoms with Crippen LogP contribution in [-0.4, -0.2) is 37.7 Å². The summed E-state index contributed by atoms with van der Waals surface area (Å²) >= 11 is 3.59. The Bertz CT molecular complexity index is 964. The van der Waals surface area contributed by atoms with Gasteiger partial charge in [-0.1, -0.05) is 0 Å². The third-order valence-electron chi connectivity index (χ3n) is 3.89. The Balaban J connectivity index is 2.08. The van der Waals surface area contributed by atoms with Crippen LogP contribution in [0.3, 0.4) is 0 Å². The van der Waals surface area contributed by atoms with Crippen LogP contribution in [0.15, 0.2) is 34.0 Å². The zero-order valence-corrected chi connectivity index (χ0v) is 17.0. The summed E-state index contributed by atoms with van der Waals surface area (Å²) in [5.41, 5.74) is 0.896. The molecule has 1 aromatic carbocycles. The van der Waals surface area contributed by atoms with Crippen molar-refractivity contribution < 1.29 is 0 Å².